The molecule has 5 nitrogen and oxygen atoms in total. The van der Waals surface area contributed by atoms with Gasteiger partial charge in [-0.05, 0) is 154 Å². The van der Waals surface area contributed by atoms with Gasteiger partial charge < -0.3 is 14.6 Å². The Morgan fingerprint density at radius 2 is 0.476 bits per heavy atom. The second-order valence-electron chi connectivity index (χ2n) is 21.1. The van der Waals surface area contributed by atoms with E-state index in [4.69, 9.17) is 9.47 Å². The molecule has 0 heterocycles. The smallest absolute Gasteiger partial charge is 0.306 e. The molecule has 0 rings (SSSR count). The van der Waals surface area contributed by atoms with Gasteiger partial charge in [0.05, 0.1) is 6.61 Å². The molecule has 0 aliphatic rings. The molecule has 5 heteroatoms. The number of carbonyl (C=O) groups is 2. The maximum absolute atomic E-state index is 12.3. The summed E-state index contributed by atoms with van der Waals surface area (Å²) in [5.74, 6) is -0.648. The van der Waals surface area contributed by atoms with E-state index < -0.39 is 6.10 Å². The van der Waals surface area contributed by atoms with Gasteiger partial charge in [0.25, 0.3) is 0 Å². The van der Waals surface area contributed by atoms with Crippen LogP contribution in [-0.4, -0.2) is 36.4 Å². The number of hydrogen-bond donors (Lipinski definition) is 1. The third-order valence-corrected chi connectivity index (χ3v) is 13.3. The first-order chi connectivity index (χ1) is 41.6. The average Bonchev–Trinajstić information content (AvgIpc) is 3.51. The fourth-order valence-electron chi connectivity index (χ4n) is 8.36. The molecule has 0 spiro atoms. The van der Waals surface area contributed by atoms with Crippen LogP contribution in [0.3, 0.4) is 0 Å². The second-order valence-corrected chi connectivity index (χ2v) is 21.1. The fourth-order valence-corrected chi connectivity index (χ4v) is 8.36. The van der Waals surface area contributed by atoms with E-state index in [9.17, 15) is 14.7 Å². The molecule has 1 N–H and O–H groups in total. The summed E-state index contributed by atoms with van der Waals surface area (Å²) in [7, 11) is 0. The van der Waals surface area contributed by atoms with E-state index in [1.807, 2.05) is 0 Å². The molecule has 466 valence electrons. The molecule has 84 heavy (non-hydrogen) atoms. The molecule has 0 fully saturated rings. The fraction of sp³-hybridized carbons (Fsp3) is 0.519. The van der Waals surface area contributed by atoms with Crippen LogP contribution in [-0.2, 0) is 19.1 Å². The zero-order valence-corrected chi connectivity index (χ0v) is 53.3. The zero-order valence-electron chi connectivity index (χ0n) is 53.3. The Hall–Kier alpha value is -5.78. The third kappa shape index (κ3) is 68.7. The minimum Gasteiger partial charge on any atom is -0.462 e. The van der Waals surface area contributed by atoms with Gasteiger partial charge in [-0.3, -0.25) is 9.59 Å². The molecule has 0 saturated carbocycles. The Morgan fingerprint density at radius 1 is 0.274 bits per heavy atom. The Labute approximate surface area is 516 Å². The molecule has 0 saturated heterocycles. The van der Waals surface area contributed by atoms with Crippen LogP contribution in [0.1, 0.15) is 245 Å². The zero-order chi connectivity index (χ0) is 60.5. The standard InChI is InChI=1S/C79H120O5/c1-3-5-7-9-11-13-15-17-19-21-23-25-27-29-31-33-35-37-38-39-40-42-44-46-48-50-52-54-56-58-60-62-64-66-68-70-72-74-79(82)84-77(75-80)76-83-78(81)73-71-69-67-65-63-61-59-57-55-53-51-49-47-45-43-41-36-34-32-30-28-26-24-22-20-18-16-14-12-10-8-6-4-2/h5-8,11-14,17-20,23-26,29-32,35-37,39-41,44-47,50,52,56,58,62,64,77,80H,3-4,9-10,15-16,21-22,27-28,33-34,38,42-43,48-49,51,53-55,57,59-61,63,65-76H2,1-2H3/b7-5-,8-6-,13-11-,14-12-,19-17-,20-18-,25-23-,26-24-,31-29-,32-30-,37-35-,40-39-,41-36-,46-44-,47-45-,52-50-,58-56-,64-62-. The minimum absolute atomic E-state index is 0.0958. The van der Waals surface area contributed by atoms with Crippen LogP contribution in [0.4, 0.5) is 0 Å². The van der Waals surface area contributed by atoms with Crippen LogP contribution in [0, 0.1) is 0 Å². The van der Waals surface area contributed by atoms with Crippen molar-refractivity contribution in [2.45, 2.75) is 251 Å². The molecule has 0 aliphatic heterocycles. The lowest BCUT2D eigenvalue weighted by Gasteiger charge is -2.15. The largest absolute Gasteiger partial charge is 0.462 e. The highest BCUT2D eigenvalue weighted by atomic mass is 16.6. The highest BCUT2D eigenvalue weighted by Crippen LogP contribution is 2.14. The van der Waals surface area contributed by atoms with E-state index in [0.717, 1.165) is 161 Å². The quantitative estimate of drug-likeness (QED) is 0.0373. The van der Waals surface area contributed by atoms with Gasteiger partial charge in [-0.25, -0.2) is 0 Å². The van der Waals surface area contributed by atoms with E-state index in [0.29, 0.717) is 12.8 Å². The number of unbranched alkanes of at least 4 members (excludes halogenated alkanes) is 14. The maximum atomic E-state index is 12.3. The monoisotopic (exact) mass is 1150 g/mol. The number of aliphatic hydroxyl groups excluding tert-OH is 1. The molecule has 0 aromatic rings. The first-order valence-electron chi connectivity index (χ1n) is 33.3. The third-order valence-electron chi connectivity index (χ3n) is 13.3. The van der Waals surface area contributed by atoms with E-state index >= 15 is 0 Å². The van der Waals surface area contributed by atoms with Crippen LogP contribution >= 0.6 is 0 Å². The van der Waals surface area contributed by atoms with Gasteiger partial charge in [-0.2, -0.15) is 0 Å². The summed E-state index contributed by atoms with van der Waals surface area (Å²) in [4.78, 5) is 24.6. The van der Waals surface area contributed by atoms with Crippen molar-refractivity contribution in [1.29, 1.82) is 0 Å². The summed E-state index contributed by atoms with van der Waals surface area (Å²) in [5, 5.41) is 9.69. The lowest BCUT2D eigenvalue weighted by atomic mass is 10.0. The molecule has 0 aromatic heterocycles. The molecular formula is C79H120O5. The van der Waals surface area contributed by atoms with Crippen LogP contribution in [0.2, 0.25) is 0 Å². The lowest BCUT2D eigenvalue weighted by molar-refractivity contribution is -0.161. The van der Waals surface area contributed by atoms with Crippen molar-refractivity contribution in [3.05, 3.63) is 219 Å². The molecule has 0 aliphatic carbocycles. The van der Waals surface area contributed by atoms with Crippen molar-refractivity contribution in [3.8, 4) is 0 Å². The molecule has 1 atom stereocenters. The van der Waals surface area contributed by atoms with Crippen LogP contribution in [0.25, 0.3) is 0 Å². The topological polar surface area (TPSA) is 72.8 Å². The summed E-state index contributed by atoms with van der Waals surface area (Å²) in [6.07, 6.45) is 116. The first kappa shape index (κ1) is 78.2. The van der Waals surface area contributed by atoms with E-state index in [1.54, 1.807) is 0 Å². The van der Waals surface area contributed by atoms with Crippen molar-refractivity contribution >= 4 is 11.9 Å². The van der Waals surface area contributed by atoms with Gasteiger partial charge in [0, 0.05) is 12.8 Å². The van der Waals surface area contributed by atoms with Crippen molar-refractivity contribution in [2.75, 3.05) is 13.2 Å². The van der Waals surface area contributed by atoms with Gasteiger partial charge in [0.1, 0.15) is 6.61 Å². The highest BCUT2D eigenvalue weighted by Gasteiger charge is 2.16. The molecule has 0 amide bonds. The number of hydrogen-bond acceptors (Lipinski definition) is 5. The number of carbonyl (C=O) groups excluding carboxylic acids is 2. The van der Waals surface area contributed by atoms with Gasteiger partial charge in [-0.15, -0.1) is 0 Å². The van der Waals surface area contributed by atoms with Crippen molar-refractivity contribution in [2.24, 2.45) is 0 Å². The van der Waals surface area contributed by atoms with Gasteiger partial charge >= 0.3 is 11.9 Å². The summed E-state index contributed by atoms with van der Waals surface area (Å²) >= 11 is 0. The molecule has 0 bridgehead atoms. The number of ether oxygens (including phenoxy) is 2. The number of esters is 2. The number of rotatable bonds is 58. The maximum Gasteiger partial charge on any atom is 0.306 e. The number of aliphatic hydroxyl groups is 1. The predicted octanol–water partition coefficient (Wildman–Crippen LogP) is 23.5. The predicted molar refractivity (Wildman–Crippen MR) is 370 cm³/mol. The molecule has 0 aromatic carbocycles. The second kappa shape index (κ2) is 71.5. The van der Waals surface area contributed by atoms with Gasteiger partial charge in [0.15, 0.2) is 6.10 Å². The van der Waals surface area contributed by atoms with Crippen molar-refractivity contribution in [3.63, 3.8) is 0 Å². The average molecular weight is 1150 g/mol. The van der Waals surface area contributed by atoms with E-state index in [2.05, 4.69) is 233 Å². The normalized spacial score (nSPS) is 13.7. The molecule has 1 unspecified atom stereocenters. The molecular weight excluding hydrogens is 1030 g/mol. The van der Waals surface area contributed by atoms with E-state index in [-0.39, 0.29) is 25.2 Å². The summed E-state index contributed by atoms with van der Waals surface area (Å²) in [5.41, 5.74) is 0. The Kier molecular flexibility index (Phi) is 66.6. The van der Waals surface area contributed by atoms with Crippen LogP contribution < -0.4 is 0 Å². The Morgan fingerprint density at radius 3 is 0.726 bits per heavy atom. The lowest BCUT2D eigenvalue weighted by Crippen LogP contribution is -2.28. The number of allylic oxidation sites excluding steroid dienone is 36. The highest BCUT2D eigenvalue weighted by molar-refractivity contribution is 5.70. The summed E-state index contributed by atoms with van der Waals surface area (Å²) in [6.45, 7) is 3.87. The Balaban J connectivity index is 3.67. The van der Waals surface area contributed by atoms with Gasteiger partial charge in [-0.1, -0.05) is 297 Å². The Bertz CT molecular complexity index is 2030. The van der Waals surface area contributed by atoms with Crippen molar-refractivity contribution in [1.82, 2.24) is 0 Å². The minimum atomic E-state index is -0.810. The first-order valence-corrected chi connectivity index (χ1v) is 33.3. The summed E-state index contributed by atoms with van der Waals surface area (Å²) < 4.78 is 10.7. The van der Waals surface area contributed by atoms with E-state index in [1.165, 1.54) is 57.8 Å². The molecule has 0 radical (unpaired) electrons. The van der Waals surface area contributed by atoms with Gasteiger partial charge in [0.2, 0.25) is 0 Å². The van der Waals surface area contributed by atoms with Crippen molar-refractivity contribution < 1.29 is 24.2 Å². The van der Waals surface area contributed by atoms with Crippen LogP contribution in [0.15, 0.2) is 219 Å². The SMILES string of the molecule is CC/C=C\C/C=C\C/C=C\C/C=C\C/C=C\C/C=C\C/C=C\C/C=C\C/C=C\C/C=C\C/C=C\CCCCCC(=O)OC(CO)COC(=O)CCCCCCCCCCCCC/C=C\C/C=C\C/C=C\C/C=C\C/C=C\C/C=C\C/C=C\CC. The van der Waals surface area contributed by atoms with Crippen LogP contribution in [0.5, 0.6) is 0 Å². The summed E-state index contributed by atoms with van der Waals surface area (Å²) in [6, 6.07) is 0.